The number of nitrogens with zero attached hydrogens (tertiary/aromatic N) is 3. The summed E-state index contributed by atoms with van der Waals surface area (Å²) < 4.78 is 1.26. The fourth-order valence-corrected chi connectivity index (χ4v) is 0.697. The minimum absolute atomic E-state index is 0.109. The molecule has 6 nitrogen and oxygen atoms in total. The van der Waals surface area contributed by atoms with Crippen LogP contribution >= 0.6 is 0 Å². The molecule has 6 heteroatoms. The number of carbonyl (C=O) groups is 1. The zero-order chi connectivity index (χ0) is 9.19. The molecule has 2 N–H and O–H groups in total. The maximum absolute atomic E-state index is 10.4. The van der Waals surface area contributed by atoms with Crippen molar-refractivity contribution in [3.8, 4) is 0 Å². The summed E-state index contributed by atoms with van der Waals surface area (Å²) in [5.74, 6) is -1.28. The molecule has 0 amide bonds. The van der Waals surface area contributed by atoms with Crippen molar-refractivity contribution in [2.75, 3.05) is 0 Å². The van der Waals surface area contributed by atoms with Crippen molar-refractivity contribution in [3.05, 3.63) is 12.7 Å². The van der Waals surface area contributed by atoms with Crippen molar-refractivity contribution in [1.29, 1.82) is 0 Å². The van der Waals surface area contributed by atoms with Gasteiger partial charge < -0.3 is 10.2 Å². The Balaban J connectivity index is 2.69. The summed E-state index contributed by atoms with van der Waals surface area (Å²) in [6, 6.07) is 0. The standard InChI is InChI=1S/C6H9N3O3/c1-6(12,5(10)11)2-9-4-7-3-8-9/h3-4,12H,2H2,1H3,(H,10,11). The third-order valence-corrected chi connectivity index (χ3v) is 1.40. The van der Waals surface area contributed by atoms with E-state index in [0.29, 0.717) is 0 Å². The van der Waals surface area contributed by atoms with Gasteiger partial charge in [-0.05, 0) is 6.92 Å². The van der Waals surface area contributed by atoms with Crippen molar-refractivity contribution in [1.82, 2.24) is 14.8 Å². The first-order valence-corrected chi connectivity index (χ1v) is 3.30. The lowest BCUT2D eigenvalue weighted by atomic mass is 10.1. The molecule has 0 saturated heterocycles. The quantitative estimate of drug-likeness (QED) is 0.616. The lowest BCUT2D eigenvalue weighted by Gasteiger charge is -2.16. The molecule has 1 rings (SSSR count). The van der Waals surface area contributed by atoms with E-state index in [9.17, 15) is 9.90 Å². The Morgan fingerprint density at radius 3 is 2.83 bits per heavy atom. The topological polar surface area (TPSA) is 88.2 Å². The van der Waals surface area contributed by atoms with Crippen LogP contribution in [-0.2, 0) is 11.3 Å². The molecular weight excluding hydrogens is 162 g/mol. The SMILES string of the molecule is CC(O)(Cn1cncn1)C(=O)O. The van der Waals surface area contributed by atoms with Gasteiger partial charge in [-0.15, -0.1) is 0 Å². The number of aliphatic hydroxyl groups is 1. The predicted molar refractivity (Wildman–Crippen MR) is 38.3 cm³/mol. The van der Waals surface area contributed by atoms with Gasteiger partial charge in [-0.1, -0.05) is 0 Å². The van der Waals surface area contributed by atoms with Gasteiger partial charge in [0.1, 0.15) is 12.7 Å². The fourth-order valence-electron chi connectivity index (χ4n) is 0.697. The molecule has 0 aliphatic carbocycles. The molecule has 1 unspecified atom stereocenters. The molecular formula is C6H9N3O3. The maximum atomic E-state index is 10.4. The van der Waals surface area contributed by atoms with Gasteiger partial charge in [-0.25, -0.2) is 14.5 Å². The summed E-state index contributed by atoms with van der Waals surface area (Å²) in [6.07, 6.45) is 2.62. The molecule has 1 aromatic rings. The summed E-state index contributed by atoms with van der Waals surface area (Å²) in [7, 11) is 0. The van der Waals surface area contributed by atoms with E-state index in [0.717, 1.165) is 0 Å². The zero-order valence-electron chi connectivity index (χ0n) is 6.51. The van der Waals surface area contributed by atoms with Crippen LogP contribution in [0.1, 0.15) is 6.92 Å². The highest BCUT2D eigenvalue weighted by atomic mass is 16.4. The van der Waals surface area contributed by atoms with E-state index in [1.807, 2.05) is 0 Å². The van der Waals surface area contributed by atoms with Gasteiger partial charge in [0.2, 0.25) is 0 Å². The monoisotopic (exact) mass is 171 g/mol. The number of hydrogen-bond acceptors (Lipinski definition) is 4. The summed E-state index contributed by atoms with van der Waals surface area (Å²) >= 11 is 0. The summed E-state index contributed by atoms with van der Waals surface area (Å²) in [6.45, 7) is 1.10. The molecule has 1 heterocycles. The van der Waals surface area contributed by atoms with Gasteiger partial charge in [0.25, 0.3) is 0 Å². The highest BCUT2D eigenvalue weighted by Crippen LogP contribution is 2.05. The Hall–Kier alpha value is -1.43. The van der Waals surface area contributed by atoms with Gasteiger partial charge in [0, 0.05) is 0 Å². The molecule has 0 bridgehead atoms. The van der Waals surface area contributed by atoms with Gasteiger partial charge in [0.05, 0.1) is 6.54 Å². The Kier molecular flexibility index (Phi) is 2.09. The van der Waals surface area contributed by atoms with Gasteiger partial charge in [0.15, 0.2) is 5.60 Å². The number of hydrogen-bond donors (Lipinski definition) is 2. The molecule has 0 aliphatic heterocycles. The molecule has 0 spiro atoms. The van der Waals surface area contributed by atoms with Gasteiger partial charge in [-0.3, -0.25) is 0 Å². The molecule has 0 aliphatic rings. The average molecular weight is 171 g/mol. The second kappa shape index (κ2) is 2.90. The van der Waals surface area contributed by atoms with Crippen LogP contribution in [0.2, 0.25) is 0 Å². The van der Waals surface area contributed by atoms with E-state index in [2.05, 4.69) is 10.1 Å². The van der Waals surface area contributed by atoms with Crippen LogP contribution in [0.25, 0.3) is 0 Å². The van der Waals surface area contributed by atoms with Crippen LogP contribution in [0, 0.1) is 0 Å². The molecule has 1 aromatic heterocycles. The molecule has 0 aromatic carbocycles. The first-order valence-electron chi connectivity index (χ1n) is 3.30. The largest absolute Gasteiger partial charge is 0.479 e. The molecule has 0 fully saturated rings. The molecule has 66 valence electrons. The van der Waals surface area contributed by atoms with Crippen molar-refractivity contribution in [2.24, 2.45) is 0 Å². The fraction of sp³-hybridized carbons (Fsp3) is 0.500. The van der Waals surface area contributed by atoms with Gasteiger partial charge >= 0.3 is 5.97 Å². The molecule has 0 saturated carbocycles. The van der Waals surface area contributed by atoms with E-state index in [1.54, 1.807) is 0 Å². The minimum Gasteiger partial charge on any atom is -0.479 e. The first kappa shape index (κ1) is 8.66. The number of aromatic nitrogens is 3. The normalized spacial score (nSPS) is 15.5. The minimum atomic E-state index is -1.80. The third-order valence-electron chi connectivity index (χ3n) is 1.40. The summed E-state index contributed by atoms with van der Waals surface area (Å²) in [5.41, 5.74) is -1.80. The Morgan fingerprint density at radius 2 is 2.42 bits per heavy atom. The first-order chi connectivity index (χ1) is 5.52. The van der Waals surface area contributed by atoms with E-state index < -0.39 is 11.6 Å². The van der Waals surface area contributed by atoms with Crippen molar-refractivity contribution < 1.29 is 15.0 Å². The second-order valence-corrected chi connectivity index (χ2v) is 2.67. The highest BCUT2D eigenvalue weighted by Gasteiger charge is 2.30. The van der Waals surface area contributed by atoms with Crippen LogP contribution in [0.3, 0.4) is 0 Å². The molecule has 0 radical (unpaired) electrons. The highest BCUT2D eigenvalue weighted by molar-refractivity contribution is 5.76. The zero-order valence-corrected chi connectivity index (χ0v) is 6.51. The van der Waals surface area contributed by atoms with Crippen molar-refractivity contribution >= 4 is 5.97 Å². The number of carboxylic acids is 1. The number of carboxylic acid groups (broad SMARTS) is 1. The van der Waals surface area contributed by atoms with Crippen molar-refractivity contribution in [3.63, 3.8) is 0 Å². The maximum Gasteiger partial charge on any atom is 0.337 e. The average Bonchev–Trinajstić information content (AvgIpc) is 2.38. The Bertz CT molecular complexity index is 268. The van der Waals surface area contributed by atoms with E-state index in [1.165, 1.54) is 24.3 Å². The second-order valence-electron chi connectivity index (χ2n) is 2.67. The third kappa shape index (κ3) is 1.79. The van der Waals surface area contributed by atoms with Crippen LogP contribution in [-0.4, -0.2) is 36.5 Å². The van der Waals surface area contributed by atoms with Gasteiger partial charge in [-0.2, -0.15) is 5.10 Å². The molecule has 12 heavy (non-hydrogen) atoms. The van der Waals surface area contributed by atoms with Crippen LogP contribution in [0.5, 0.6) is 0 Å². The van der Waals surface area contributed by atoms with E-state index in [4.69, 9.17) is 5.11 Å². The Morgan fingerprint density at radius 1 is 1.75 bits per heavy atom. The van der Waals surface area contributed by atoms with E-state index in [-0.39, 0.29) is 6.54 Å². The number of rotatable bonds is 3. The van der Waals surface area contributed by atoms with Crippen LogP contribution in [0.15, 0.2) is 12.7 Å². The lowest BCUT2D eigenvalue weighted by molar-refractivity contribution is -0.158. The molecule has 1 atom stereocenters. The number of aliphatic carboxylic acids is 1. The Labute approximate surface area is 68.5 Å². The van der Waals surface area contributed by atoms with Crippen molar-refractivity contribution in [2.45, 2.75) is 19.1 Å². The van der Waals surface area contributed by atoms with Crippen LogP contribution < -0.4 is 0 Å². The summed E-state index contributed by atoms with van der Waals surface area (Å²) in [5, 5.41) is 21.5. The summed E-state index contributed by atoms with van der Waals surface area (Å²) in [4.78, 5) is 14.0. The lowest BCUT2D eigenvalue weighted by Crippen LogP contribution is -2.39. The van der Waals surface area contributed by atoms with Crippen LogP contribution in [0.4, 0.5) is 0 Å². The predicted octanol–water partition coefficient (Wildman–Crippen LogP) is -0.886. The smallest absolute Gasteiger partial charge is 0.337 e. The van der Waals surface area contributed by atoms with E-state index >= 15 is 0 Å².